The van der Waals surface area contributed by atoms with Crippen molar-refractivity contribution in [1.29, 1.82) is 0 Å². The zero-order valence-corrected chi connectivity index (χ0v) is 10.0. The molecule has 0 radical (unpaired) electrons. The third-order valence-electron chi connectivity index (χ3n) is 2.59. The van der Waals surface area contributed by atoms with Crippen molar-refractivity contribution in [3.63, 3.8) is 0 Å². The fraction of sp³-hybridized carbons (Fsp3) is 0.214. The molecule has 0 aliphatic heterocycles. The lowest BCUT2D eigenvalue weighted by atomic mass is 10.2. The first-order valence-electron chi connectivity index (χ1n) is 5.51. The van der Waals surface area contributed by atoms with Crippen molar-refractivity contribution in [2.75, 3.05) is 6.61 Å². The molecule has 0 aliphatic rings. The van der Waals surface area contributed by atoms with E-state index in [4.69, 9.17) is 4.74 Å². The number of benzene rings is 1. The molecule has 1 aromatic carbocycles. The van der Waals surface area contributed by atoms with Gasteiger partial charge in [-0.25, -0.2) is 0 Å². The average Bonchev–Trinajstić information content (AvgIpc) is 2.72. The third-order valence-corrected chi connectivity index (χ3v) is 2.59. The number of hydrogen-bond donors (Lipinski definition) is 0. The SMILES string of the molecule is Cc1cccc(OCC(=O)c2cccn2C)c1. The zero-order valence-electron chi connectivity index (χ0n) is 10.0. The minimum Gasteiger partial charge on any atom is -0.485 e. The van der Waals surface area contributed by atoms with E-state index in [0.29, 0.717) is 5.69 Å². The Morgan fingerprint density at radius 1 is 1.29 bits per heavy atom. The summed E-state index contributed by atoms with van der Waals surface area (Å²) in [6.07, 6.45) is 1.85. The van der Waals surface area contributed by atoms with E-state index in [1.807, 2.05) is 50.5 Å². The summed E-state index contributed by atoms with van der Waals surface area (Å²) in [6.45, 7) is 2.06. The van der Waals surface area contributed by atoms with Crippen LogP contribution >= 0.6 is 0 Å². The van der Waals surface area contributed by atoms with Crippen molar-refractivity contribution in [3.8, 4) is 5.75 Å². The van der Waals surface area contributed by atoms with Gasteiger partial charge in [0.2, 0.25) is 5.78 Å². The van der Waals surface area contributed by atoms with Gasteiger partial charge in [-0.3, -0.25) is 4.79 Å². The van der Waals surface area contributed by atoms with Gasteiger partial charge in [-0.1, -0.05) is 12.1 Å². The van der Waals surface area contributed by atoms with Gasteiger partial charge >= 0.3 is 0 Å². The van der Waals surface area contributed by atoms with Gasteiger partial charge in [0.25, 0.3) is 0 Å². The number of aromatic nitrogens is 1. The van der Waals surface area contributed by atoms with E-state index < -0.39 is 0 Å². The van der Waals surface area contributed by atoms with Crippen LogP contribution in [0.2, 0.25) is 0 Å². The number of Topliss-reactive ketones (excluding diaryl/α,β-unsaturated/α-hetero) is 1. The lowest BCUT2D eigenvalue weighted by molar-refractivity contribution is 0.0913. The Labute approximate surface area is 101 Å². The van der Waals surface area contributed by atoms with E-state index in [9.17, 15) is 4.79 Å². The normalized spacial score (nSPS) is 10.2. The van der Waals surface area contributed by atoms with Crippen molar-refractivity contribution in [3.05, 3.63) is 53.9 Å². The van der Waals surface area contributed by atoms with Gasteiger partial charge in [0.1, 0.15) is 5.75 Å². The summed E-state index contributed by atoms with van der Waals surface area (Å²) in [6, 6.07) is 11.3. The van der Waals surface area contributed by atoms with Gasteiger partial charge in [0.15, 0.2) is 6.61 Å². The van der Waals surface area contributed by atoms with Crippen molar-refractivity contribution in [1.82, 2.24) is 4.57 Å². The van der Waals surface area contributed by atoms with Gasteiger partial charge in [0.05, 0.1) is 5.69 Å². The monoisotopic (exact) mass is 229 g/mol. The maximum absolute atomic E-state index is 11.8. The smallest absolute Gasteiger partial charge is 0.216 e. The van der Waals surface area contributed by atoms with Crippen molar-refractivity contribution in [2.24, 2.45) is 7.05 Å². The Morgan fingerprint density at radius 2 is 2.12 bits per heavy atom. The van der Waals surface area contributed by atoms with Crippen molar-refractivity contribution in [2.45, 2.75) is 6.92 Å². The Hall–Kier alpha value is -2.03. The number of ketones is 1. The number of carbonyl (C=O) groups excluding carboxylic acids is 1. The summed E-state index contributed by atoms with van der Waals surface area (Å²) in [5.41, 5.74) is 1.78. The Balaban J connectivity index is 1.99. The molecule has 0 fully saturated rings. The fourth-order valence-corrected chi connectivity index (χ4v) is 1.68. The van der Waals surface area contributed by atoms with Gasteiger partial charge < -0.3 is 9.30 Å². The first kappa shape index (κ1) is 11.5. The predicted molar refractivity (Wildman–Crippen MR) is 66.4 cm³/mol. The van der Waals surface area contributed by atoms with E-state index >= 15 is 0 Å². The molecule has 0 unspecified atom stereocenters. The number of rotatable bonds is 4. The molecule has 88 valence electrons. The molecule has 17 heavy (non-hydrogen) atoms. The van der Waals surface area contributed by atoms with Crippen LogP contribution in [0.4, 0.5) is 0 Å². The fourth-order valence-electron chi connectivity index (χ4n) is 1.68. The van der Waals surface area contributed by atoms with Crippen LogP contribution in [0.25, 0.3) is 0 Å². The molecule has 0 N–H and O–H groups in total. The molecule has 0 saturated carbocycles. The minimum absolute atomic E-state index is 0.0148. The molecule has 0 saturated heterocycles. The Kier molecular flexibility index (Phi) is 3.28. The van der Waals surface area contributed by atoms with Crippen LogP contribution in [0.1, 0.15) is 16.1 Å². The number of nitrogens with zero attached hydrogens (tertiary/aromatic N) is 1. The molecule has 0 atom stereocenters. The molecular weight excluding hydrogens is 214 g/mol. The van der Waals surface area contributed by atoms with E-state index in [1.165, 1.54) is 0 Å². The summed E-state index contributed by atoms with van der Waals surface area (Å²) in [5, 5.41) is 0. The minimum atomic E-state index is -0.0148. The highest BCUT2D eigenvalue weighted by Crippen LogP contribution is 2.12. The number of aryl methyl sites for hydroxylation is 2. The molecule has 0 aliphatic carbocycles. The maximum Gasteiger partial charge on any atom is 0.216 e. The van der Waals surface area contributed by atoms with E-state index in [2.05, 4.69) is 0 Å². The van der Waals surface area contributed by atoms with Crippen molar-refractivity contribution >= 4 is 5.78 Å². The van der Waals surface area contributed by atoms with Gasteiger partial charge in [-0.05, 0) is 36.8 Å². The Bertz CT molecular complexity index is 529. The lowest BCUT2D eigenvalue weighted by Crippen LogP contribution is -2.14. The van der Waals surface area contributed by atoms with Crippen LogP contribution in [0.3, 0.4) is 0 Å². The lowest BCUT2D eigenvalue weighted by Gasteiger charge is -2.06. The average molecular weight is 229 g/mol. The molecular formula is C14H15NO2. The molecule has 0 spiro atoms. The zero-order chi connectivity index (χ0) is 12.3. The number of carbonyl (C=O) groups is 1. The summed E-state index contributed by atoms with van der Waals surface area (Å²) in [7, 11) is 1.85. The van der Waals surface area contributed by atoms with E-state index in [0.717, 1.165) is 11.3 Å². The van der Waals surface area contributed by atoms with Gasteiger partial charge in [-0.2, -0.15) is 0 Å². The molecule has 0 amide bonds. The predicted octanol–water partition coefficient (Wildman–Crippen LogP) is 2.60. The standard InChI is InChI=1S/C14H15NO2/c1-11-5-3-6-12(9-11)17-10-14(16)13-7-4-8-15(13)2/h3-9H,10H2,1-2H3. The first-order valence-corrected chi connectivity index (χ1v) is 5.51. The molecule has 3 heteroatoms. The van der Waals surface area contributed by atoms with Crippen LogP contribution in [-0.4, -0.2) is 17.0 Å². The second-order valence-electron chi connectivity index (χ2n) is 4.03. The molecule has 2 aromatic rings. The van der Waals surface area contributed by atoms with Crippen LogP contribution in [-0.2, 0) is 7.05 Å². The second kappa shape index (κ2) is 4.87. The van der Waals surface area contributed by atoms with E-state index in [-0.39, 0.29) is 12.4 Å². The third kappa shape index (κ3) is 2.75. The van der Waals surface area contributed by atoms with Crippen LogP contribution in [0.5, 0.6) is 5.75 Å². The van der Waals surface area contributed by atoms with Crippen LogP contribution in [0, 0.1) is 6.92 Å². The molecule has 0 bridgehead atoms. The molecule has 1 heterocycles. The quantitative estimate of drug-likeness (QED) is 0.754. The number of hydrogen-bond acceptors (Lipinski definition) is 2. The summed E-state index contributed by atoms with van der Waals surface area (Å²) in [4.78, 5) is 11.8. The summed E-state index contributed by atoms with van der Waals surface area (Å²) in [5.74, 6) is 0.714. The van der Waals surface area contributed by atoms with Gasteiger partial charge in [0, 0.05) is 13.2 Å². The van der Waals surface area contributed by atoms with Gasteiger partial charge in [-0.15, -0.1) is 0 Å². The van der Waals surface area contributed by atoms with Crippen LogP contribution in [0.15, 0.2) is 42.6 Å². The number of ether oxygens (including phenoxy) is 1. The van der Waals surface area contributed by atoms with Crippen molar-refractivity contribution < 1.29 is 9.53 Å². The highest BCUT2D eigenvalue weighted by molar-refractivity contribution is 5.95. The topological polar surface area (TPSA) is 31.2 Å². The highest BCUT2D eigenvalue weighted by atomic mass is 16.5. The largest absolute Gasteiger partial charge is 0.485 e. The molecule has 2 rings (SSSR count). The highest BCUT2D eigenvalue weighted by Gasteiger charge is 2.09. The van der Waals surface area contributed by atoms with E-state index in [1.54, 1.807) is 10.6 Å². The summed E-state index contributed by atoms with van der Waals surface area (Å²) >= 11 is 0. The second-order valence-corrected chi connectivity index (χ2v) is 4.03. The first-order chi connectivity index (χ1) is 8.16. The summed E-state index contributed by atoms with van der Waals surface area (Å²) < 4.78 is 7.26. The maximum atomic E-state index is 11.8. The molecule has 1 aromatic heterocycles. The Morgan fingerprint density at radius 3 is 2.76 bits per heavy atom. The van der Waals surface area contributed by atoms with Crippen LogP contribution < -0.4 is 4.74 Å². The molecule has 3 nitrogen and oxygen atoms in total.